The van der Waals surface area contributed by atoms with Crippen molar-refractivity contribution in [3.8, 4) is 17.1 Å². The molecule has 1 amide bonds. The van der Waals surface area contributed by atoms with Crippen LogP contribution in [0.25, 0.3) is 28.2 Å². The van der Waals surface area contributed by atoms with Gasteiger partial charge >= 0.3 is 0 Å². The second kappa shape index (κ2) is 9.53. The molecule has 4 N–H and O–H groups in total. The molecule has 0 radical (unpaired) electrons. The van der Waals surface area contributed by atoms with Crippen LogP contribution < -0.4 is 16.4 Å². The molecule has 0 spiro atoms. The number of nitrogens with zero attached hydrogens (tertiary/aromatic N) is 5. The molecule has 0 aliphatic heterocycles. The molecular formula is C26H31BrN8O2. The van der Waals surface area contributed by atoms with Gasteiger partial charge < -0.3 is 20.8 Å². The molecule has 194 valence electrons. The van der Waals surface area contributed by atoms with E-state index < -0.39 is 5.41 Å². The van der Waals surface area contributed by atoms with E-state index in [-0.39, 0.29) is 17.4 Å². The third kappa shape index (κ3) is 4.61. The van der Waals surface area contributed by atoms with Crippen molar-refractivity contribution in [2.75, 3.05) is 18.9 Å². The molecule has 37 heavy (non-hydrogen) atoms. The third-order valence-electron chi connectivity index (χ3n) is 7.38. The summed E-state index contributed by atoms with van der Waals surface area (Å²) in [5, 5.41) is 11.7. The Morgan fingerprint density at radius 3 is 2.86 bits per heavy atom. The first kappa shape index (κ1) is 25.3. The van der Waals surface area contributed by atoms with E-state index >= 15 is 0 Å². The lowest BCUT2D eigenvalue weighted by atomic mass is 9.81. The number of halogens is 1. The van der Waals surface area contributed by atoms with Crippen molar-refractivity contribution in [3.05, 3.63) is 47.0 Å². The van der Waals surface area contributed by atoms with Gasteiger partial charge in [-0.2, -0.15) is 10.1 Å². The summed E-state index contributed by atoms with van der Waals surface area (Å²) in [4.78, 5) is 26.0. The summed E-state index contributed by atoms with van der Waals surface area (Å²) in [5.41, 5.74) is 8.82. The highest BCUT2D eigenvalue weighted by Crippen LogP contribution is 2.39. The summed E-state index contributed by atoms with van der Waals surface area (Å²) in [7, 11) is 1.68. The zero-order valence-corrected chi connectivity index (χ0v) is 23.0. The number of carbonyl (C=O) groups is 1. The van der Waals surface area contributed by atoms with E-state index in [0.29, 0.717) is 28.6 Å². The Bertz CT molecular complexity index is 1450. The van der Waals surface area contributed by atoms with Crippen LogP contribution in [-0.4, -0.2) is 50.3 Å². The van der Waals surface area contributed by atoms with E-state index in [1.807, 2.05) is 19.1 Å². The monoisotopic (exact) mass is 566 g/mol. The van der Waals surface area contributed by atoms with Crippen LogP contribution in [0.4, 0.5) is 5.95 Å². The van der Waals surface area contributed by atoms with E-state index in [4.69, 9.17) is 20.2 Å². The fourth-order valence-corrected chi connectivity index (χ4v) is 5.49. The average Bonchev–Trinajstić information content (AvgIpc) is 3.63. The number of nitrogens with two attached hydrogens (primary N) is 1. The number of nitrogens with one attached hydrogen (secondary N) is 2. The summed E-state index contributed by atoms with van der Waals surface area (Å²) in [6, 6.07) is 6.12. The lowest BCUT2D eigenvalue weighted by molar-refractivity contribution is -0.129. The highest BCUT2D eigenvalue weighted by atomic mass is 79.9. The van der Waals surface area contributed by atoms with E-state index in [1.165, 1.54) is 0 Å². The lowest BCUT2D eigenvalue weighted by Gasteiger charge is -2.26. The quantitative estimate of drug-likeness (QED) is 0.303. The normalized spacial score (nSPS) is 19.9. The Balaban J connectivity index is 1.52. The fraction of sp³-hybridized carbons (Fsp3) is 0.423. The fourth-order valence-electron chi connectivity index (χ4n) is 5.05. The van der Waals surface area contributed by atoms with E-state index in [1.54, 1.807) is 30.4 Å². The van der Waals surface area contributed by atoms with E-state index in [2.05, 4.69) is 56.4 Å². The molecule has 1 saturated carbocycles. The van der Waals surface area contributed by atoms with E-state index in [0.717, 1.165) is 41.5 Å². The van der Waals surface area contributed by atoms with Crippen molar-refractivity contribution in [1.29, 1.82) is 0 Å². The van der Waals surface area contributed by atoms with Crippen LogP contribution in [0.3, 0.4) is 0 Å². The molecule has 1 aliphatic carbocycles. The molecule has 0 saturated heterocycles. The molecule has 1 fully saturated rings. The number of fused-ring (bicyclic) bond motifs is 1. The van der Waals surface area contributed by atoms with Gasteiger partial charge in [0.2, 0.25) is 17.7 Å². The topological polar surface area (TPSA) is 137 Å². The van der Waals surface area contributed by atoms with Crippen LogP contribution in [-0.2, 0) is 10.2 Å². The van der Waals surface area contributed by atoms with Gasteiger partial charge in [-0.15, -0.1) is 0 Å². The molecule has 1 aromatic carbocycles. The predicted molar refractivity (Wildman–Crippen MR) is 145 cm³/mol. The highest BCUT2D eigenvalue weighted by molar-refractivity contribution is 9.10. The van der Waals surface area contributed by atoms with Crippen molar-refractivity contribution in [2.24, 2.45) is 11.1 Å². The lowest BCUT2D eigenvalue weighted by Crippen LogP contribution is -2.35. The Hall–Kier alpha value is -3.31. The Kier molecular flexibility index (Phi) is 6.53. The zero-order valence-electron chi connectivity index (χ0n) is 21.4. The molecule has 0 unspecified atom stereocenters. The molecular weight excluding hydrogens is 536 g/mol. The molecule has 5 rings (SSSR count). The number of oxazole rings is 1. The predicted octanol–water partition coefficient (Wildman–Crippen LogP) is 4.19. The number of amides is 1. The van der Waals surface area contributed by atoms with Gasteiger partial charge in [0.15, 0.2) is 5.65 Å². The molecule has 10 nitrogen and oxygen atoms in total. The number of hydrogen-bond donors (Lipinski definition) is 3. The van der Waals surface area contributed by atoms with Crippen molar-refractivity contribution in [1.82, 2.24) is 30.0 Å². The standard InChI is InChI=1S/C26H31BrN8O2/c1-25(2,14-28)19-11-16(5-6-17(19)22-30-9-10-37-22)35-21-18(20(27)34-35)13-31-24(33-21)32-15-7-8-26(3,12-15)23(36)29-4/h5-6,9-11,13,15H,7-8,12,14,28H2,1-4H3,(H,29,36)(H,31,32,33)/t15-,26-/m1/s1. The third-order valence-corrected chi connectivity index (χ3v) is 7.96. The van der Waals surface area contributed by atoms with Gasteiger partial charge in [-0.05, 0) is 59.0 Å². The molecule has 3 heterocycles. The first-order valence-corrected chi connectivity index (χ1v) is 13.1. The maximum atomic E-state index is 12.3. The SMILES string of the molecule is CNC(=O)[C@]1(C)CC[C@@H](Nc2ncc3c(Br)nn(-c4ccc(-c5ncco5)c(C(C)(C)CN)c4)c3n2)C1. The molecule has 2 atom stereocenters. The van der Waals surface area contributed by atoms with Gasteiger partial charge in [0.1, 0.15) is 10.9 Å². The number of aromatic nitrogens is 5. The average molecular weight is 567 g/mol. The van der Waals surface area contributed by atoms with Crippen LogP contribution in [0.15, 0.2) is 45.9 Å². The minimum absolute atomic E-state index is 0.0691. The van der Waals surface area contributed by atoms with Crippen molar-refractivity contribution < 1.29 is 9.21 Å². The minimum Gasteiger partial charge on any atom is -0.445 e. The molecule has 11 heteroatoms. The van der Waals surface area contributed by atoms with Gasteiger partial charge in [0.05, 0.1) is 17.3 Å². The Labute approximate surface area is 223 Å². The minimum atomic E-state index is -0.391. The van der Waals surface area contributed by atoms with Crippen LogP contribution in [0.1, 0.15) is 45.6 Å². The number of benzene rings is 1. The van der Waals surface area contributed by atoms with Crippen molar-refractivity contribution in [3.63, 3.8) is 0 Å². The maximum absolute atomic E-state index is 12.3. The summed E-state index contributed by atoms with van der Waals surface area (Å²) >= 11 is 3.56. The Morgan fingerprint density at radius 1 is 1.35 bits per heavy atom. The number of hydrogen-bond acceptors (Lipinski definition) is 8. The van der Waals surface area contributed by atoms with E-state index in [9.17, 15) is 4.79 Å². The number of carbonyl (C=O) groups excluding carboxylic acids is 1. The smallest absolute Gasteiger partial charge is 0.226 e. The summed E-state index contributed by atoms with van der Waals surface area (Å²) < 4.78 is 8.05. The van der Waals surface area contributed by atoms with Gasteiger partial charge in [0.25, 0.3) is 0 Å². The van der Waals surface area contributed by atoms with Gasteiger partial charge in [-0.25, -0.2) is 14.6 Å². The zero-order chi connectivity index (χ0) is 26.4. The maximum Gasteiger partial charge on any atom is 0.226 e. The van der Waals surface area contributed by atoms with Crippen molar-refractivity contribution >= 4 is 38.8 Å². The molecule has 0 bridgehead atoms. The number of anilines is 1. The second-order valence-corrected chi connectivity index (χ2v) is 11.3. The van der Waals surface area contributed by atoms with Crippen LogP contribution in [0.5, 0.6) is 0 Å². The summed E-state index contributed by atoms with van der Waals surface area (Å²) in [5.74, 6) is 1.12. The van der Waals surface area contributed by atoms with Crippen LogP contribution in [0.2, 0.25) is 0 Å². The summed E-state index contributed by atoms with van der Waals surface area (Å²) in [6.45, 7) is 6.63. The van der Waals surface area contributed by atoms with Crippen LogP contribution in [0, 0.1) is 5.41 Å². The number of rotatable bonds is 7. The molecule has 1 aliphatic rings. The highest BCUT2D eigenvalue weighted by Gasteiger charge is 2.41. The van der Waals surface area contributed by atoms with Crippen molar-refractivity contribution in [2.45, 2.75) is 51.5 Å². The molecule has 4 aromatic rings. The Morgan fingerprint density at radius 2 is 2.16 bits per heavy atom. The largest absolute Gasteiger partial charge is 0.445 e. The first-order chi connectivity index (χ1) is 17.6. The summed E-state index contributed by atoms with van der Waals surface area (Å²) in [6.07, 6.45) is 7.36. The van der Waals surface area contributed by atoms with Gasteiger partial charge in [-0.3, -0.25) is 4.79 Å². The van der Waals surface area contributed by atoms with Crippen LogP contribution >= 0.6 is 15.9 Å². The molecule has 3 aromatic heterocycles. The van der Waals surface area contributed by atoms with Gasteiger partial charge in [-0.1, -0.05) is 20.8 Å². The second-order valence-electron chi connectivity index (χ2n) is 10.5. The van der Waals surface area contributed by atoms with Gasteiger partial charge in [0, 0.05) is 42.2 Å². The first-order valence-electron chi connectivity index (χ1n) is 12.3.